The summed E-state index contributed by atoms with van der Waals surface area (Å²) in [6.07, 6.45) is 1.68. The van der Waals surface area contributed by atoms with E-state index in [0.717, 1.165) is 49.4 Å². The average molecular weight is 633 g/mol. The predicted molar refractivity (Wildman–Crippen MR) is 176 cm³/mol. The zero-order valence-electron chi connectivity index (χ0n) is 23.0. The summed E-state index contributed by atoms with van der Waals surface area (Å²) in [6.45, 7) is 3.88. The van der Waals surface area contributed by atoms with Crippen molar-refractivity contribution >= 4 is 56.8 Å². The number of halogens is 1. The van der Waals surface area contributed by atoms with Crippen molar-refractivity contribution < 1.29 is 9.59 Å². The number of aryl methyl sites for hydroxylation is 2. The van der Waals surface area contributed by atoms with Crippen molar-refractivity contribution in [3.05, 3.63) is 136 Å². The van der Waals surface area contributed by atoms with Crippen LogP contribution in [0.5, 0.6) is 0 Å². The molecule has 206 valence electrons. The van der Waals surface area contributed by atoms with Crippen molar-refractivity contribution in [2.75, 3.05) is 4.90 Å². The van der Waals surface area contributed by atoms with Gasteiger partial charge in [-0.05, 0) is 90.8 Å². The second kappa shape index (κ2) is 11.4. The summed E-state index contributed by atoms with van der Waals surface area (Å²) in [5, 5.41) is 2.81. The quantitative estimate of drug-likeness (QED) is 0.121. The number of benzene rings is 4. The van der Waals surface area contributed by atoms with E-state index in [-0.39, 0.29) is 10.7 Å². The molecule has 7 heteroatoms. The van der Waals surface area contributed by atoms with E-state index >= 15 is 0 Å². The number of hydrogen-bond donors (Lipinski definition) is 1. The molecule has 1 aromatic heterocycles. The summed E-state index contributed by atoms with van der Waals surface area (Å²) < 4.78 is 3.14. The predicted octanol–water partition coefficient (Wildman–Crippen LogP) is 8.02. The van der Waals surface area contributed by atoms with Crippen LogP contribution in [0.2, 0.25) is 0 Å². The highest BCUT2D eigenvalue weighted by Crippen LogP contribution is 2.38. The van der Waals surface area contributed by atoms with E-state index in [9.17, 15) is 9.59 Å². The van der Waals surface area contributed by atoms with Gasteiger partial charge in [0.1, 0.15) is 5.57 Å². The summed E-state index contributed by atoms with van der Waals surface area (Å²) in [5.41, 5.74) is 7.92. The van der Waals surface area contributed by atoms with Gasteiger partial charge in [0.2, 0.25) is 0 Å². The first-order valence-electron chi connectivity index (χ1n) is 13.4. The second-order valence-corrected chi connectivity index (χ2v) is 11.4. The summed E-state index contributed by atoms with van der Waals surface area (Å²) in [6, 6.07) is 36.0. The first kappa shape index (κ1) is 27.6. The van der Waals surface area contributed by atoms with Gasteiger partial charge in [-0.1, -0.05) is 88.7 Å². The number of aromatic nitrogens is 1. The van der Waals surface area contributed by atoms with Gasteiger partial charge in [-0.2, -0.15) is 0 Å². The maximum absolute atomic E-state index is 14.0. The van der Waals surface area contributed by atoms with E-state index in [1.165, 1.54) is 4.90 Å². The van der Waals surface area contributed by atoms with Crippen molar-refractivity contribution in [1.82, 2.24) is 9.88 Å². The number of anilines is 1. The molecule has 0 aliphatic carbocycles. The number of carbonyl (C=O) groups is 2. The highest BCUT2D eigenvalue weighted by atomic mass is 79.9. The SMILES string of the molecule is Cc1ccc(C)c(N2C(=O)/C(=C\c3cc(-c4ccccc4)n(-c4ccc(Br)cc4)c3-c3ccccc3)C(=O)NC2=S)c1. The summed E-state index contributed by atoms with van der Waals surface area (Å²) in [4.78, 5) is 28.8. The van der Waals surface area contributed by atoms with Gasteiger partial charge in [0.15, 0.2) is 5.11 Å². The zero-order valence-corrected chi connectivity index (χ0v) is 25.4. The number of nitrogens with one attached hydrogen (secondary N) is 1. The molecule has 1 N–H and O–H groups in total. The third-order valence-corrected chi connectivity index (χ3v) is 8.05. The number of hydrogen-bond acceptors (Lipinski definition) is 3. The Labute approximate surface area is 258 Å². The highest BCUT2D eigenvalue weighted by Gasteiger charge is 2.35. The van der Waals surface area contributed by atoms with Crippen LogP contribution in [0.4, 0.5) is 5.69 Å². The molecule has 1 saturated heterocycles. The lowest BCUT2D eigenvalue weighted by atomic mass is 10.0. The van der Waals surface area contributed by atoms with Crippen LogP contribution in [0.3, 0.4) is 0 Å². The lowest BCUT2D eigenvalue weighted by Gasteiger charge is -2.30. The molecule has 2 heterocycles. The van der Waals surface area contributed by atoms with Crippen LogP contribution in [-0.2, 0) is 9.59 Å². The normalized spacial score (nSPS) is 14.4. The number of thiocarbonyl (C=S) groups is 1. The Morgan fingerprint density at radius 1 is 0.786 bits per heavy atom. The Hall–Kier alpha value is -4.59. The molecule has 5 nitrogen and oxygen atoms in total. The molecule has 0 saturated carbocycles. The Kier molecular flexibility index (Phi) is 7.45. The molecule has 5 aromatic rings. The van der Waals surface area contributed by atoms with Gasteiger partial charge in [0.05, 0.1) is 17.1 Å². The Morgan fingerprint density at radius 2 is 1.43 bits per heavy atom. The van der Waals surface area contributed by atoms with Crippen LogP contribution in [0.1, 0.15) is 16.7 Å². The average Bonchev–Trinajstić information content (AvgIpc) is 3.37. The molecule has 0 atom stereocenters. The molecule has 0 spiro atoms. The Balaban J connectivity index is 1.60. The third kappa shape index (κ3) is 5.13. The molecule has 42 heavy (non-hydrogen) atoms. The van der Waals surface area contributed by atoms with Gasteiger partial charge in [-0.25, -0.2) is 0 Å². The number of amides is 2. The fourth-order valence-corrected chi connectivity index (χ4v) is 5.74. The van der Waals surface area contributed by atoms with Crippen LogP contribution >= 0.6 is 28.1 Å². The first-order valence-corrected chi connectivity index (χ1v) is 14.6. The van der Waals surface area contributed by atoms with E-state index in [1.54, 1.807) is 6.08 Å². The van der Waals surface area contributed by atoms with E-state index in [0.29, 0.717) is 5.69 Å². The number of rotatable bonds is 5. The maximum atomic E-state index is 14.0. The lowest BCUT2D eigenvalue weighted by molar-refractivity contribution is -0.122. The molecule has 1 fully saturated rings. The molecule has 4 aromatic carbocycles. The third-order valence-electron chi connectivity index (χ3n) is 7.24. The zero-order chi connectivity index (χ0) is 29.4. The van der Waals surface area contributed by atoms with Gasteiger partial charge in [-0.15, -0.1) is 0 Å². The van der Waals surface area contributed by atoms with Crippen LogP contribution in [0.15, 0.2) is 119 Å². The van der Waals surface area contributed by atoms with Crippen molar-refractivity contribution in [3.8, 4) is 28.2 Å². The van der Waals surface area contributed by atoms with Crippen molar-refractivity contribution in [1.29, 1.82) is 0 Å². The van der Waals surface area contributed by atoms with Gasteiger partial charge in [0, 0.05) is 15.7 Å². The van der Waals surface area contributed by atoms with E-state index in [4.69, 9.17) is 12.2 Å². The highest BCUT2D eigenvalue weighted by molar-refractivity contribution is 9.10. The van der Waals surface area contributed by atoms with E-state index in [1.807, 2.05) is 111 Å². The minimum absolute atomic E-state index is 0.00857. The summed E-state index contributed by atoms with van der Waals surface area (Å²) in [7, 11) is 0. The smallest absolute Gasteiger partial charge is 0.270 e. The molecule has 0 bridgehead atoms. The van der Waals surface area contributed by atoms with Crippen LogP contribution < -0.4 is 10.2 Å². The van der Waals surface area contributed by atoms with Crippen LogP contribution in [-0.4, -0.2) is 21.5 Å². The number of nitrogens with zero attached hydrogens (tertiary/aromatic N) is 2. The van der Waals surface area contributed by atoms with Gasteiger partial charge in [-0.3, -0.25) is 19.8 Å². The molecule has 1 aliphatic heterocycles. The molecule has 0 radical (unpaired) electrons. The summed E-state index contributed by atoms with van der Waals surface area (Å²) >= 11 is 9.04. The van der Waals surface area contributed by atoms with Crippen LogP contribution in [0.25, 0.3) is 34.3 Å². The van der Waals surface area contributed by atoms with Crippen LogP contribution in [0, 0.1) is 13.8 Å². The van der Waals surface area contributed by atoms with Gasteiger partial charge < -0.3 is 4.57 Å². The molecule has 6 rings (SSSR count). The lowest BCUT2D eigenvalue weighted by Crippen LogP contribution is -2.54. The fourth-order valence-electron chi connectivity index (χ4n) is 5.20. The van der Waals surface area contributed by atoms with Gasteiger partial charge >= 0.3 is 0 Å². The molecular formula is C35H26BrN3O2S. The van der Waals surface area contributed by atoms with E-state index in [2.05, 4.69) is 37.9 Å². The minimum Gasteiger partial charge on any atom is -0.309 e. The second-order valence-electron chi connectivity index (χ2n) is 10.1. The largest absolute Gasteiger partial charge is 0.309 e. The monoisotopic (exact) mass is 631 g/mol. The van der Waals surface area contributed by atoms with Gasteiger partial charge in [0.25, 0.3) is 11.8 Å². The number of carbonyl (C=O) groups excluding carboxylic acids is 2. The molecule has 0 unspecified atom stereocenters. The fraction of sp³-hybridized carbons (Fsp3) is 0.0571. The maximum Gasteiger partial charge on any atom is 0.270 e. The van der Waals surface area contributed by atoms with Crippen molar-refractivity contribution in [3.63, 3.8) is 0 Å². The van der Waals surface area contributed by atoms with E-state index < -0.39 is 11.8 Å². The summed E-state index contributed by atoms with van der Waals surface area (Å²) in [5.74, 6) is -0.989. The molecule has 1 aliphatic rings. The minimum atomic E-state index is -0.525. The molecule has 2 amide bonds. The first-order chi connectivity index (χ1) is 20.3. The molecular weight excluding hydrogens is 606 g/mol. The Bertz CT molecular complexity index is 1880. The Morgan fingerprint density at radius 3 is 2.10 bits per heavy atom. The van der Waals surface area contributed by atoms with Crippen molar-refractivity contribution in [2.24, 2.45) is 0 Å². The van der Waals surface area contributed by atoms with Crippen molar-refractivity contribution in [2.45, 2.75) is 13.8 Å². The topological polar surface area (TPSA) is 54.3 Å². The standard InChI is InChI=1S/C35H26BrN3O2S/c1-22-13-14-23(2)30(19-22)39-34(41)29(33(40)37-35(39)42)20-26-21-31(24-9-5-3-6-10-24)38(28-17-15-27(36)16-18-28)32(26)25-11-7-4-8-12-25/h3-21H,1-2H3,(H,37,40,42)/b29-20-.